The van der Waals surface area contributed by atoms with Gasteiger partial charge in [0.05, 0.1) is 18.8 Å². The maximum Gasteiger partial charge on any atom is 0.490 e. The molecule has 9 nitrogen and oxygen atoms in total. The lowest BCUT2D eigenvalue weighted by molar-refractivity contribution is -0.192. The van der Waals surface area contributed by atoms with Crippen molar-refractivity contribution in [2.24, 2.45) is 0 Å². The van der Waals surface area contributed by atoms with E-state index in [1.807, 2.05) is 24.5 Å². The fraction of sp³-hybridized carbons (Fsp3) is 0.308. The van der Waals surface area contributed by atoms with Gasteiger partial charge in [-0.15, -0.1) is 0 Å². The first-order chi connectivity index (χ1) is 18.2. The summed E-state index contributed by atoms with van der Waals surface area (Å²) < 4.78 is 37.3. The van der Waals surface area contributed by atoms with E-state index in [0.717, 1.165) is 53.5 Å². The minimum Gasteiger partial charge on any atom is -0.496 e. The molecule has 4 aromatic rings. The molecule has 3 heterocycles. The molecule has 0 saturated carbocycles. The minimum atomic E-state index is -5.08. The summed E-state index contributed by atoms with van der Waals surface area (Å²) in [6.45, 7) is 4.53. The molecule has 1 aliphatic rings. The van der Waals surface area contributed by atoms with Gasteiger partial charge in [0.15, 0.2) is 0 Å². The molecule has 38 heavy (non-hydrogen) atoms. The number of rotatable bonds is 6. The van der Waals surface area contributed by atoms with Gasteiger partial charge in [-0.2, -0.15) is 23.3 Å². The number of methoxy groups -OCH3 is 1. The summed E-state index contributed by atoms with van der Waals surface area (Å²) in [4.78, 5) is 21.0. The summed E-state index contributed by atoms with van der Waals surface area (Å²) in [5.41, 5.74) is 4.48. The lowest BCUT2D eigenvalue weighted by Gasteiger charge is -2.19. The van der Waals surface area contributed by atoms with Gasteiger partial charge >= 0.3 is 12.1 Å². The van der Waals surface area contributed by atoms with Gasteiger partial charge in [0.1, 0.15) is 11.6 Å². The molecule has 1 unspecified atom stereocenters. The largest absolute Gasteiger partial charge is 0.496 e. The van der Waals surface area contributed by atoms with Crippen molar-refractivity contribution >= 4 is 28.6 Å². The number of benzene rings is 2. The smallest absolute Gasteiger partial charge is 0.490 e. The highest BCUT2D eigenvalue weighted by atomic mass is 19.4. The number of nitrogens with zero attached hydrogens (tertiary/aromatic N) is 4. The molecule has 0 spiro atoms. The van der Waals surface area contributed by atoms with Crippen LogP contribution in [0.2, 0.25) is 0 Å². The molecule has 0 bridgehead atoms. The van der Waals surface area contributed by atoms with E-state index in [-0.39, 0.29) is 0 Å². The van der Waals surface area contributed by atoms with Crippen molar-refractivity contribution in [3.05, 3.63) is 71.5 Å². The molecule has 2 aromatic heterocycles. The molecule has 2 aromatic carbocycles. The van der Waals surface area contributed by atoms with Crippen LogP contribution in [0.25, 0.3) is 10.9 Å². The quantitative estimate of drug-likeness (QED) is 0.323. The Kier molecular flexibility index (Phi) is 7.99. The Morgan fingerprint density at radius 1 is 1.24 bits per heavy atom. The first kappa shape index (κ1) is 26.7. The maximum atomic E-state index is 10.6. The maximum absolute atomic E-state index is 10.6. The summed E-state index contributed by atoms with van der Waals surface area (Å²) in [5.74, 6) is 0.210. The zero-order valence-electron chi connectivity index (χ0n) is 20.8. The second-order valence-electron chi connectivity index (χ2n) is 8.83. The lowest BCUT2D eigenvalue weighted by atomic mass is 9.97. The highest BCUT2D eigenvalue weighted by molar-refractivity contribution is 5.90. The average Bonchev–Trinajstić information content (AvgIpc) is 3.59. The van der Waals surface area contributed by atoms with Crippen molar-refractivity contribution in [2.75, 3.05) is 30.4 Å². The molecule has 3 N–H and O–H groups in total. The lowest BCUT2D eigenvalue weighted by Crippen LogP contribution is -2.22. The van der Waals surface area contributed by atoms with Crippen molar-refractivity contribution < 1.29 is 27.8 Å². The van der Waals surface area contributed by atoms with E-state index in [2.05, 4.69) is 57.7 Å². The van der Waals surface area contributed by atoms with Crippen molar-refractivity contribution in [3.8, 4) is 5.75 Å². The number of H-pyrrole nitrogens is 1. The number of hydrogen-bond acceptors (Lipinski definition) is 7. The van der Waals surface area contributed by atoms with Crippen LogP contribution in [0.5, 0.6) is 5.75 Å². The van der Waals surface area contributed by atoms with E-state index >= 15 is 0 Å². The highest BCUT2D eigenvalue weighted by Gasteiger charge is 2.38. The van der Waals surface area contributed by atoms with Gasteiger partial charge in [0.25, 0.3) is 0 Å². The molecule has 0 amide bonds. The second-order valence-corrected chi connectivity index (χ2v) is 8.83. The number of aromatic nitrogens is 4. The number of aryl methyl sites for hydroxylation is 1. The molecule has 12 heteroatoms. The Hall–Kier alpha value is -4.35. The van der Waals surface area contributed by atoms with E-state index in [1.54, 1.807) is 7.11 Å². The third-order valence-corrected chi connectivity index (χ3v) is 6.15. The van der Waals surface area contributed by atoms with Crippen molar-refractivity contribution in [1.82, 2.24) is 20.2 Å². The predicted molar refractivity (Wildman–Crippen MR) is 136 cm³/mol. The van der Waals surface area contributed by atoms with Gasteiger partial charge in [-0.05, 0) is 42.7 Å². The summed E-state index contributed by atoms with van der Waals surface area (Å²) in [6, 6.07) is 14.6. The normalized spacial score (nSPS) is 15.2. The summed E-state index contributed by atoms with van der Waals surface area (Å²) in [7, 11) is 1.73. The number of nitrogens with one attached hydrogen (secondary N) is 2. The second kappa shape index (κ2) is 11.4. The number of aromatic amines is 1. The number of fused-ring (bicyclic) bond motifs is 1. The van der Waals surface area contributed by atoms with Crippen LogP contribution in [-0.2, 0) is 11.3 Å². The van der Waals surface area contributed by atoms with E-state index in [4.69, 9.17) is 24.6 Å². The summed E-state index contributed by atoms with van der Waals surface area (Å²) >= 11 is 0. The monoisotopic (exact) mass is 528 g/mol. The molecular formula is C26H27F3N6O3. The van der Waals surface area contributed by atoms with Crippen LogP contribution < -0.4 is 15.0 Å². The van der Waals surface area contributed by atoms with E-state index in [1.165, 1.54) is 11.1 Å². The van der Waals surface area contributed by atoms with Crippen molar-refractivity contribution in [3.63, 3.8) is 0 Å². The number of anilines is 2. The number of aliphatic carboxylic acids is 1. The molecule has 1 aliphatic heterocycles. The number of hydrogen-bond donors (Lipinski definition) is 3. The number of halogens is 3. The standard InChI is InChI=1S/C24H26N6O.C2HF3O2/c1-16-7-8-20-21(11-16)28-24(29-23(20)25-12-17-13-26-27-14-17)30-10-9-18(15-30)19-5-3-4-6-22(19)31-2;3-2(4,5)1(6)7/h3-8,11,13-14,18H,9-10,12,15H2,1-2H3,(H,26,27)(H,25,28,29);(H,6,7). The Morgan fingerprint density at radius 2 is 2.00 bits per heavy atom. The molecule has 200 valence electrons. The van der Waals surface area contributed by atoms with Crippen molar-refractivity contribution in [1.29, 1.82) is 0 Å². The first-order valence-electron chi connectivity index (χ1n) is 11.8. The van der Waals surface area contributed by atoms with Crippen LogP contribution in [0.15, 0.2) is 54.9 Å². The molecule has 5 rings (SSSR count). The number of carbonyl (C=O) groups is 1. The highest BCUT2D eigenvalue weighted by Crippen LogP contribution is 2.35. The van der Waals surface area contributed by atoms with Gasteiger partial charge < -0.3 is 20.1 Å². The molecular weight excluding hydrogens is 501 g/mol. The van der Waals surface area contributed by atoms with Gasteiger partial charge in [0, 0.05) is 42.7 Å². The summed E-state index contributed by atoms with van der Waals surface area (Å²) in [6.07, 6.45) is -0.327. The number of alkyl halides is 3. The van der Waals surface area contributed by atoms with Crippen LogP contribution in [0.1, 0.15) is 29.0 Å². The number of carboxylic acids is 1. The topological polar surface area (TPSA) is 116 Å². The zero-order chi connectivity index (χ0) is 27.3. The molecule has 1 saturated heterocycles. The fourth-order valence-electron chi connectivity index (χ4n) is 4.26. The number of carboxylic acid groups (broad SMARTS) is 1. The van der Waals surface area contributed by atoms with E-state index in [0.29, 0.717) is 12.5 Å². The minimum absolute atomic E-state index is 0.398. The van der Waals surface area contributed by atoms with Gasteiger partial charge in [0.2, 0.25) is 5.95 Å². The Labute approximate surface area is 216 Å². The van der Waals surface area contributed by atoms with E-state index in [9.17, 15) is 13.2 Å². The molecule has 1 atom stereocenters. The van der Waals surface area contributed by atoms with Gasteiger partial charge in [-0.25, -0.2) is 9.78 Å². The van der Waals surface area contributed by atoms with Crippen LogP contribution in [-0.4, -0.2) is 57.6 Å². The van der Waals surface area contributed by atoms with Crippen molar-refractivity contribution in [2.45, 2.75) is 32.0 Å². The Bertz CT molecular complexity index is 1400. The van der Waals surface area contributed by atoms with Gasteiger partial charge in [-0.3, -0.25) is 5.10 Å². The zero-order valence-corrected chi connectivity index (χ0v) is 20.8. The van der Waals surface area contributed by atoms with Crippen LogP contribution in [0.3, 0.4) is 0 Å². The van der Waals surface area contributed by atoms with Gasteiger partial charge in [-0.1, -0.05) is 24.3 Å². The van der Waals surface area contributed by atoms with Crippen LogP contribution in [0, 0.1) is 6.92 Å². The average molecular weight is 529 g/mol. The number of ether oxygens (including phenoxy) is 1. The first-order valence-corrected chi connectivity index (χ1v) is 11.8. The Balaban J connectivity index is 0.000000426. The molecule has 1 fully saturated rings. The van der Waals surface area contributed by atoms with Crippen LogP contribution in [0.4, 0.5) is 24.9 Å². The SMILES string of the molecule is COc1ccccc1C1CCN(c2nc(NCc3cn[nH]c3)c3ccc(C)cc3n2)C1.O=C(O)C(F)(F)F. The van der Waals surface area contributed by atoms with E-state index < -0.39 is 12.1 Å². The third kappa shape index (κ3) is 6.31. The van der Waals surface area contributed by atoms with Crippen LogP contribution >= 0.6 is 0 Å². The predicted octanol–water partition coefficient (Wildman–Crippen LogP) is 4.91. The molecule has 0 aliphatic carbocycles. The summed E-state index contributed by atoms with van der Waals surface area (Å²) in [5, 5.41) is 18.5. The molecule has 0 radical (unpaired) electrons. The number of para-hydroxylation sites is 1. The fourth-order valence-corrected chi connectivity index (χ4v) is 4.26. The third-order valence-electron chi connectivity index (χ3n) is 6.15. The Morgan fingerprint density at radius 3 is 2.68 bits per heavy atom.